The molecule has 0 unspecified atom stereocenters. The summed E-state index contributed by atoms with van der Waals surface area (Å²) < 4.78 is 12.3. The summed E-state index contributed by atoms with van der Waals surface area (Å²) in [5, 5.41) is 25.5. The van der Waals surface area contributed by atoms with Crippen molar-refractivity contribution in [2.45, 2.75) is 33.1 Å². The van der Waals surface area contributed by atoms with Crippen molar-refractivity contribution in [3.05, 3.63) is 53.3 Å². The Balaban J connectivity index is 1.87. The van der Waals surface area contributed by atoms with Crippen LogP contribution in [-0.4, -0.2) is 59.4 Å². The molecule has 0 aliphatic heterocycles. The van der Waals surface area contributed by atoms with E-state index in [2.05, 4.69) is 47.0 Å². The smallest absolute Gasteiger partial charge is 0.404 e. The van der Waals surface area contributed by atoms with Crippen LogP contribution < -0.4 is 25.4 Å². The van der Waals surface area contributed by atoms with Gasteiger partial charge in [0.1, 0.15) is 17.2 Å². The number of ether oxygens (including phenoxy) is 2. The third-order valence-electron chi connectivity index (χ3n) is 5.51. The van der Waals surface area contributed by atoms with Gasteiger partial charge in [-0.25, -0.2) is 9.48 Å². The molecule has 192 valence electrons. The van der Waals surface area contributed by atoms with Crippen LogP contribution in [0.1, 0.15) is 42.5 Å². The van der Waals surface area contributed by atoms with E-state index in [1.165, 1.54) is 4.68 Å². The number of anilines is 2. The summed E-state index contributed by atoms with van der Waals surface area (Å²) in [4.78, 5) is 23.9. The molecule has 0 bridgehead atoms. The second kappa shape index (κ2) is 11.0. The van der Waals surface area contributed by atoms with Crippen LogP contribution in [0, 0.1) is 6.92 Å². The molecule has 11 nitrogen and oxygen atoms in total. The number of carbonyl (C=O) groups is 2. The maximum atomic E-state index is 13.2. The number of hydrogen-bond acceptors (Lipinski definition) is 7. The number of amides is 2. The van der Waals surface area contributed by atoms with Crippen molar-refractivity contribution in [1.29, 1.82) is 0 Å². The zero-order valence-electron chi connectivity index (χ0n) is 21.3. The summed E-state index contributed by atoms with van der Waals surface area (Å²) in [5.41, 5.74) is 3.44. The summed E-state index contributed by atoms with van der Waals surface area (Å²) in [7, 11) is 3.12. The van der Waals surface area contributed by atoms with E-state index in [4.69, 9.17) is 14.6 Å². The quantitative estimate of drug-likeness (QED) is 0.328. The zero-order chi connectivity index (χ0) is 26.5. The molecule has 2 amide bonds. The predicted molar refractivity (Wildman–Crippen MR) is 137 cm³/mol. The van der Waals surface area contributed by atoms with E-state index in [0.717, 1.165) is 11.3 Å². The molecule has 2 aromatic carbocycles. The van der Waals surface area contributed by atoms with Gasteiger partial charge in [0.25, 0.3) is 5.91 Å². The SMILES string of the molecule is COc1ccc(OC)c(-n2nnc(C(=O)Nc3cc(NCCNC(=O)O)cc(C(C)(C)C)c3)c2C)c1. The fraction of sp³-hybridized carbons (Fsp3) is 0.360. The number of nitrogens with zero attached hydrogens (tertiary/aromatic N) is 3. The molecule has 0 fully saturated rings. The van der Waals surface area contributed by atoms with E-state index < -0.39 is 12.0 Å². The van der Waals surface area contributed by atoms with Gasteiger partial charge in [-0.15, -0.1) is 5.10 Å². The summed E-state index contributed by atoms with van der Waals surface area (Å²) in [6.45, 7) is 8.60. The van der Waals surface area contributed by atoms with E-state index >= 15 is 0 Å². The van der Waals surface area contributed by atoms with Crippen LogP contribution in [0.15, 0.2) is 36.4 Å². The van der Waals surface area contributed by atoms with E-state index in [9.17, 15) is 9.59 Å². The van der Waals surface area contributed by atoms with Gasteiger partial charge in [-0.3, -0.25) is 4.79 Å². The van der Waals surface area contributed by atoms with Gasteiger partial charge in [-0.05, 0) is 48.2 Å². The molecular formula is C25H32N6O5. The molecule has 0 saturated carbocycles. The van der Waals surface area contributed by atoms with E-state index in [1.54, 1.807) is 45.4 Å². The maximum absolute atomic E-state index is 13.2. The molecule has 1 aromatic heterocycles. The first-order valence-electron chi connectivity index (χ1n) is 11.4. The Bertz CT molecular complexity index is 1250. The monoisotopic (exact) mass is 496 g/mol. The van der Waals surface area contributed by atoms with Crippen molar-refractivity contribution in [1.82, 2.24) is 20.3 Å². The number of hydrogen-bond donors (Lipinski definition) is 4. The molecular weight excluding hydrogens is 464 g/mol. The molecule has 3 rings (SSSR count). The lowest BCUT2D eigenvalue weighted by Gasteiger charge is -2.22. The van der Waals surface area contributed by atoms with Crippen LogP contribution in [0.25, 0.3) is 5.69 Å². The van der Waals surface area contributed by atoms with Crippen molar-refractivity contribution in [3.63, 3.8) is 0 Å². The van der Waals surface area contributed by atoms with Crippen molar-refractivity contribution in [2.24, 2.45) is 0 Å². The normalized spacial score (nSPS) is 11.1. The fourth-order valence-corrected chi connectivity index (χ4v) is 3.53. The van der Waals surface area contributed by atoms with Crippen molar-refractivity contribution >= 4 is 23.4 Å². The first-order chi connectivity index (χ1) is 17.0. The molecule has 0 aliphatic carbocycles. The minimum atomic E-state index is -1.08. The Morgan fingerprint density at radius 2 is 1.75 bits per heavy atom. The Morgan fingerprint density at radius 1 is 1.03 bits per heavy atom. The van der Waals surface area contributed by atoms with Crippen molar-refractivity contribution in [3.8, 4) is 17.2 Å². The van der Waals surface area contributed by atoms with Crippen LogP contribution in [0.3, 0.4) is 0 Å². The highest BCUT2D eigenvalue weighted by molar-refractivity contribution is 6.04. The van der Waals surface area contributed by atoms with Gasteiger partial charge in [0, 0.05) is 30.5 Å². The molecule has 11 heteroatoms. The van der Waals surface area contributed by atoms with Crippen LogP contribution in [0.2, 0.25) is 0 Å². The highest BCUT2D eigenvalue weighted by Gasteiger charge is 2.21. The number of rotatable bonds is 9. The predicted octanol–water partition coefficient (Wildman–Crippen LogP) is 3.82. The fourth-order valence-electron chi connectivity index (χ4n) is 3.53. The Kier molecular flexibility index (Phi) is 8.03. The average molecular weight is 497 g/mol. The second-order valence-corrected chi connectivity index (χ2v) is 9.13. The number of benzene rings is 2. The lowest BCUT2D eigenvalue weighted by atomic mass is 9.86. The molecule has 0 atom stereocenters. The molecule has 0 aliphatic rings. The average Bonchev–Trinajstić information content (AvgIpc) is 3.21. The first-order valence-corrected chi connectivity index (χ1v) is 11.4. The minimum Gasteiger partial charge on any atom is -0.497 e. The number of carboxylic acid groups (broad SMARTS) is 1. The van der Waals surface area contributed by atoms with Crippen LogP contribution in [0.4, 0.5) is 16.2 Å². The topological polar surface area (TPSA) is 140 Å². The summed E-state index contributed by atoms with van der Waals surface area (Å²) in [6, 6.07) is 11.0. The molecule has 0 saturated heterocycles. The van der Waals surface area contributed by atoms with E-state index in [1.807, 2.05) is 12.1 Å². The van der Waals surface area contributed by atoms with E-state index in [0.29, 0.717) is 35.1 Å². The highest BCUT2D eigenvalue weighted by Crippen LogP contribution is 2.30. The molecule has 1 heterocycles. The summed E-state index contributed by atoms with van der Waals surface area (Å²) in [6.07, 6.45) is -1.08. The van der Waals surface area contributed by atoms with Crippen molar-refractivity contribution in [2.75, 3.05) is 37.9 Å². The number of methoxy groups -OCH3 is 2. The molecule has 0 spiro atoms. The number of nitrogens with one attached hydrogen (secondary N) is 3. The summed E-state index contributed by atoms with van der Waals surface area (Å²) >= 11 is 0. The number of carbonyl (C=O) groups excluding carboxylic acids is 1. The Hall–Kier alpha value is -4.28. The molecule has 36 heavy (non-hydrogen) atoms. The lowest BCUT2D eigenvalue weighted by molar-refractivity contribution is 0.102. The first kappa shape index (κ1) is 26.3. The van der Waals surface area contributed by atoms with Gasteiger partial charge >= 0.3 is 6.09 Å². The Labute approximate surface area is 209 Å². The largest absolute Gasteiger partial charge is 0.497 e. The zero-order valence-corrected chi connectivity index (χ0v) is 21.3. The van der Waals surface area contributed by atoms with Crippen LogP contribution >= 0.6 is 0 Å². The van der Waals surface area contributed by atoms with Gasteiger partial charge in [0.15, 0.2) is 5.69 Å². The van der Waals surface area contributed by atoms with Gasteiger partial charge in [-0.2, -0.15) is 0 Å². The van der Waals surface area contributed by atoms with Crippen LogP contribution in [-0.2, 0) is 5.41 Å². The number of aromatic nitrogens is 3. The molecule has 3 aromatic rings. The third kappa shape index (κ3) is 6.23. The van der Waals surface area contributed by atoms with Gasteiger partial charge < -0.3 is 30.5 Å². The highest BCUT2D eigenvalue weighted by atomic mass is 16.5. The minimum absolute atomic E-state index is 0.168. The van der Waals surface area contributed by atoms with Gasteiger partial charge in [0.2, 0.25) is 0 Å². The maximum Gasteiger partial charge on any atom is 0.404 e. The summed E-state index contributed by atoms with van der Waals surface area (Å²) in [5.74, 6) is 0.760. The van der Waals surface area contributed by atoms with E-state index in [-0.39, 0.29) is 17.7 Å². The van der Waals surface area contributed by atoms with Gasteiger partial charge in [0.05, 0.1) is 19.9 Å². The third-order valence-corrected chi connectivity index (χ3v) is 5.51. The molecule has 0 radical (unpaired) electrons. The van der Waals surface area contributed by atoms with Gasteiger partial charge in [-0.1, -0.05) is 26.0 Å². The van der Waals surface area contributed by atoms with Crippen molar-refractivity contribution < 1.29 is 24.2 Å². The lowest BCUT2D eigenvalue weighted by Crippen LogP contribution is -2.27. The second-order valence-electron chi connectivity index (χ2n) is 9.13. The van der Waals surface area contributed by atoms with Crippen LogP contribution in [0.5, 0.6) is 11.5 Å². The Morgan fingerprint density at radius 3 is 2.39 bits per heavy atom. The molecule has 4 N–H and O–H groups in total. The standard InChI is InChI=1S/C25H32N6O5/c1-15-22(29-30-31(15)20-14-19(35-5)7-8-21(20)36-6)23(32)28-18-12-16(25(2,3)4)11-17(13-18)26-9-10-27-24(33)34/h7-8,11-14,26-27H,9-10H2,1-6H3,(H,28,32)(H,33,34).